The second-order valence-electron chi connectivity index (χ2n) is 4.45. The lowest BCUT2D eigenvalue weighted by atomic mass is 10.2. The van der Waals surface area contributed by atoms with Crippen molar-refractivity contribution in [3.05, 3.63) is 58.9 Å². The van der Waals surface area contributed by atoms with E-state index in [0.717, 1.165) is 17.7 Å². The summed E-state index contributed by atoms with van der Waals surface area (Å²) in [6.07, 6.45) is 0.966. The average Bonchev–Trinajstić information content (AvgIpc) is 2.45. The number of rotatable bonds is 6. The number of ether oxygens (including phenoxy) is 1. The first-order chi connectivity index (χ1) is 9.70. The van der Waals surface area contributed by atoms with Crippen LogP contribution in [-0.2, 0) is 6.54 Å². The Bertz CT molecular complexity index is 554. The molecule has 0 saturated heterocycles. The zero-order valence-corrected chi connectivity index (χ0v) is 12.1. The molecule has 106 valence electrons. The van der Waals surface area contributed by atoms with Gasteiger partial charge in [-0.15, -0.1) is 0 Å². The fourth-order valence-corrected chi connectivity index (χ4v) is 2.05. The molecule has 0 aliphatic carbocycles. The largest absolute Gasteiger partial charge is 0.494 e. The van der Waals surface area contributed by atoms with E-state index in [1.165, 1.54) is 6.07 Å². The molecule has 0 unspecified atom stereocenters. The van der Waals surface area contributed by atoms with Crippen molar-refractivity contribution in [2.45, 2.75) is 19.9 Å². The van der Waals surface area contributed by atoms with Gasteiger partial charge in [0.25, 0.3) is 0 Å². The first-order valence-electron chi connectivity index (χ1n) is 6.60. The highest BCUT2D eigenvalue weighted by Gasteiger charge is 2.06. The van der Waals surface area contributed by atoms with Crippen molar-refractivity contribution in [3.63, 3.8) is 0 Å². The first-order valence-corrected chi connectivity index (χ1v) is 6.98. The number of benzene rings is 2. The van der Waals surface area contributed by atoms with Crippen molar-refractivity contribution in [1.82, 2.24) is 0 Å². The number of para-hydroxylation sites is 1. The minimum absolute atomic E-state index is 0.328. The molecule has 0 aromatic heterocycles. The van der Waals surface area contributed by atoms with Gasteiger partial charge in [0.1, 0.15) is 11.6 Å². The zero-order chi connectivity index (χ0) is 14.4. The van der Waals surface area contributed by atoms with Crippen LogP contribution < -0.4 is 10.1 Å². The van der Waals surface area contributed by atoms with Crippen molar-refractivity contribution < 1.29 is 9.13 Å². The van der Waals surface area contributed by atoms with Gasteiger partial charge in [-0.3, -0.25) is 0 Å². The molecule has 2 rings (SSSR count). The van der Waals surface area contributed by atoms with Crippen LogP contribution in [0.15, 0.2) is 42.5 Å². The quantitative estimate of drug-likeness (QED) is 0.819. The van der Waals surface area contributed by atoms with E-state index in [0.29, 0.717) is 23.9 Å². The molecule has 0 spiro atoms. The standard InChI is InChI=1S/C16H17ClFNO/c1-2-9-20-13-6-3-5-12(10-13)11-19-16-14(17)7-4-8-15(16)18/h3-8,10,19H,2,9,11H2,1H3. The van der Waals surface area contributed by atoms with Gasteiger partial charge in [0.15, 0.2) is 0 Å². The highest BCUT2D eigenvalue weighted by molar-refractivity contribution is 6.33. The molecule has 0 aliphatic heterocycles. The minimum Gasteiger partial charge on any atom is -0.494 e. The molecule has 0 amide bonds. The SMILES string of the molecule is CCCOc1cccc(CNc2c(F)cccc2Cl)c1. The van der Waals surface area contributed by atoms with Crippen LogP contribution in [0.1, 0.15) is 18.9 Å². The molecule has 0 heterocycles. The summed E-state index contributed by atoms with van der Waals surface area (Å²) < 4.78 is 19.2. The summed E-state index contributed by atoms with van der Waals surface area (Å²) in [5, 5.41) is 3.40. The lowest BCUT2D eigenvalue weighted by Crippen LogP contribution is -2.03. The van der Waals surface area contributed by atoms with Gasteiger partial charge in [0, 0.05) is 6.54 Å². The van der Waals surface area contributed by atoms with Gasteiger partial charge in [-0.25, -0.2) is 4.39 Å². The molecule has 0 radical (unpaired) electrons. The van der Waals surface area contributed by atoms with Crippen LogP contribution in [0.4, 0.5) is 10.1 Å². The summed E-state index contributed by atoms with van der Waals surface area (Å²) in [6.45, 7) is 3.24. The smallest absolute Gasteiger partial charge is 0.147 e. The topological polar surface area (TPSA) is 21.3 Å². The predicted octanol–water partition coefficient (Wildman–Crippen LogP) is 4.88. The Kier molecular flexibility index (Phi) is 5.24. The number of hydrogen-bond donors (Lipinski definition) is 1. The summed E-state index contributed by atoms with van der Waals surface area (Å²) in [5.41, 5.74) is 1.34. The van der Waals surface area contributed by atoms with Gasteiger partial charge in [-0.2, -0.15) is 0 Å². The van der Waals surface area contributed by atoms with E-state index in [2.05, 4.69) is 12.2 Å². The Labute approximate surface area is 123 Å². The van der Waals surface area contributed by atoms with Crippen molar-refractivity contribution in [1.29, 1.82) is 0 Å². The Morgan fingerprint density at radius 3 is 2.75 bits per heavy atom. The van der Waals surface area contributed by atoms with Gasteiger partial charge < -0.3 is 10.1 Å². The maximum absolute atomic E-state index is 13.6. The second kappa shape index (κ2) is 7.15. The summed E-state index contributed by atoms with van der Waals surface area (Å²) in [4.78, 5) is 0. The fraction of sp³-hybridized carbons (Fsp3) is 0.250. The van der Waals surface area contributed by atoms with Gasteiger partial charge in [-0.05, 0) is 36.2 Å². The Morgan fingerprint density at radius 2 is 2.00 bits per heavy atom. The van der Waals surface area contributed by atoms with Crippen molar-refractivity contribution in [3.8, 4) is 5.75 Å². The number of anilines is 1. The average molecular weight is 294 g/mol. The van der Waals surface area contributed by atoms with Crippen molar-refractivity contribution in [2.24, 2.45) is 0 Å². The van der Waals surface area contributed by atoms with E-state index in [9.17, 15) is 4.39 Å². The van der Waals surface area contributed by atoms with Crippen LogP contribution in [-0.4, -0.2) is 6.61 Å². The molecule has 0 bridgehead atoms. The molecule has 2 aromatic rings. The van der Waals surface area contributed by atoms with Crippen LogP contribution in [0.2, 0.25) is 5.02 Å². The van der Waals surface area contributed by atoms with E-state index in [1.807, 2.05) is 24.3 Å². The molecule has 0 saturated carbocycles. The highest BCUT2D eigenvalue weighted by atomic mass is 35.5. The number of nitrogens with one attached hydrogen (secondary N) is 1. The molecule has 0 aliphatic rings. The van der Waals surface area contributed by atoms with Crippen molar-refractivity contribution in [2.75, 3.05) is 11.9 Å². The molecule has 1 N–H and O–H groups in total. The van der Waals surface area contributed by atoms with Gasteiger partial charge in [0.2, 0.25) is 0 Å². The van der Waals surface area contributed by atoms with Crippen LogP contribution in [0.5, 0.6) is 5.75 Å². The first kappa shape index (κ1) is 14.7. The van der Waals surface area contributed by atoms with E-state index >= 15 is 0 Å². The van der Waals surface area contributed by atoms with Gasteiger partial charge >= 0.3 is 0 Å². The summed E-state index contributed by atoms with van der Waals surface area (Å²) >= 11 is 5.97. The van der Waals surface area contributed by atoms with E-state index in [-0.39, 0.29) is 5.82 Å². The van der Waals surface area contributed by atoms with Crippen LogP contribution >= 0.6 is 11.6 Å². The maximum atomic E-state index is 13.6. The lowest BCUT2D eigenvalue weighted by molar-refractivity contribution is 0.317. The lowest BCUT2D eigenvalue weighted by Gasteiger charge is -2.11. The molecule has 4 heteroatoms. The van der Waals surface area contributed by atoms with Gasteiger partial charge in [0.05, 0.1) is 17.3 Å². The summed E-state index contributed by atoms with van der Waals surface area (Å²) in [7, 11) is 0. The third kappa shape index (κ3) is 3.87. The molecule has 0 atom stereocenters. The minimum atomic E-state index is -0.351. The summed E-state index contributed by atoms with van der Waals surface area (Å²) in [5.74, 6) is 0.474. The third-order valence-corrected chi connectivity index (χ3v) is 3.12. The molecule has 0 fully saturated rings. The molecular formula is C16H17ClFNO. The normalized spacial score (nSPS) is 10.3. The Hall–Kier alpha value is -1.74. The van der Waals surface area contributed by atoms with Gasteiger partial charge in [-0.1, -0.05) is 36.7 Å². The van der Waals surface area contributed by atoms with Crippen LogP contribution in [0.25, 0.3) is 0 Å². The van der Waals surface area contributed by atoms with Crippen molar-refractivity contribution >= 4 is 17.3 Å². The van der Waals surface area contributed by atoms with Crippen LogP contribution in [0.3, 0.4) is 0 Å². The Morgan fingerprint density at radius 1 is 1.20 bits per heavy atom. The third-order valence-electron chi connectivity index (χ3n) is 2.80. The van der Waals surface area contributed by atoms with E-state index < -0.39 is 0 Å². The van der Waals surface area contributed by atoms with E-state index in [1.54, 1.807) is 12.1 Å². The number of hydrogen-bond acceptors (Lipinski definition) is 2. The Balaban J connectivity index is 2.03. The molecule has 2 aromatic carbocycles. The van der Waals surface area contributed by atoms with Crippen LogP contribution in [0, 0.1) is 5.82 Å². The van der Waals surface area contributed by atoms with E-state index in [4.69, 9.17) is 16.3 Å². The molecule has 2 nitrogen and oxygen atoms in total. The molecular weight excluding hydrogens is 277 g/mol. The molecule has 20 heavy (non-hydrogen) atoms. The zero-order valence-electron chi connectivity index (χ0n) is 11.3. The second-order valence-corrected chi connectivity index (χ2v) is 4.85. The monoisotopic (exact) mass is 293 g/mol. The highest BCUT2D eigenvalue weighted by Crippen LogP contribution is 2.25. The maximum Gasteiger partial charge on any atom is 0.147 e. The summed E-state index contributed by atoms with van der Waals surface area (Å²) in [6, 6.07) is 12.4. The number of halogens is 2. The fourth-order valence-electron chi connectivity index (χ4n) is 1.82. The predicted molar refractivity (Wildman–Crippen MR) is 81.0 cm³/mol.